The number of carboxylic acids is 2. The van der Waals surface area contributed by atoms with Gasteiger partial charge >= 0.3 is 11.9 Å². The van der Waals surface area contributed by atoms with Gasteiger partial charge in [-0.05, 0) is 17.9 Å². The van der Waals surface area contributed by atoms with Crippen LogP contribution in [0.5, 0.6) is 0 Å². The Morgan fingerprint density at radius 1 is 0.921 bits per heavy atom. The standard InChI is InChI=1S/C25H34N6O7/c1-14(2)21(31-22(34)17(26)11-16-12-27-13-28-16)24(36)30-19(10-15-6-4-3-5-7-15)23(35)29-18(25(37)38)8-9-20(32)33/h3-7,12-14,17-19,21H,8-11,26H2,1-2H3,(H,27,28)(H,29,35)(H,30,36)(H,31,34)(H,32,33)(H,37,38). The number of benzene rings is 1. The molecule has 0 radical (unpaired) electrons. The Kier molecular flexibility index (Phi) is 11.4. The van der Waals surface area contributed by atoms with Crippen molar-refractivity contribution >= 4 is 29.7 Å². The van der Waals surface area contributed by atoms with Gasteiger partial charge in [0.1, 0.15) is 18.1 Å². The van der Waals surface area contributed by atoms with Gasteiger partial charge in [0.25, 0.3) is 0 Å². The van der Waals surface area contributed by atoms with E-state index < -0.39 is 60.2 Å². The van der Waals surface area contributed by atoms with Crippen molar-refractivity contribution in [1.82, 2.24) is 25.9 Å². The smallest absolute Gasteiger partial charge is 0.326 e. The first-order valence-electron chi connectivity index (χ1n) is 12.1. The van der Waals surface area contributed by atoms with E-state index >= 15 is 0 Å². The number of carboxylic acid groups (broad SMARTS) is 2. The third kappa shape index (κ3) is 9.65. The molecule has 0 saturated carbocycles. The number of H-pyrrole nitrogens is 1. The van der Waals surface area contributed by atoms with Crippen LogP contribution in [-0.4, -0.2) is 74.0 Å². The molecule has 0 bridgehead atoms. The van der Waals surface area contributed by atoms with Crippen molar-refractivity contribution in [3.05, 3.63) is 54.1 Å². The molecule has 4 atom stereocenters. The van der Waals surface area contributed by atoms with Crippen LogP contribution in [0.15, 0.2) is 42.9 Å². The third-order valence-electron chi connectivity index (χ3n) is 5.76. The minimum absolute atomic E-state index is 0.0295. The molecule has 0 spiro atoms. The molecular formula is C25H34N6O7. The fourth-order valence-corrected chi connectivity index (χ4v) is 3.64. The van der Waals surface area contributed by atoms with Gasteiger partial charge in [0.15, 0.2) is 0 Å². The minimum Gasteiger partial charge on any atom is -0.481 e. The number of aliphatic carboxylic acids is 2. The number of nitrogens with zero attached hydrogens (tertiary/aromatic N) is 1. The molecule has 2 rings (SSSR count). The van der Waals surface area contributed by atoms with E-state index in [9.17, 15) is 29.1 Å². The van der Waals surface area contributed by atoms with Crippen LogP contribution in [0.4, 0.5) is 0 Å². The summed E-state index contributed by atoms with van der Waals surface area (Å²) in [5.74, 6) is -5.01. The maximum absolute atomic E-state index is 13.2. The molecule has 1 aromatic carbocycles. The first-order valence-corrected chi connectivity index (χ1v) is 12.1. The summed E-state index contributed by atoms with van der Waals surface area (Å²) in [4.78, 5) is 68.2. The van der Waals surface area contributed by atoms with E-state index in [1.165, 1.54) is 12.5 Å². The van der Waals surface area contributed by atoms with Crippen LogP contribution >= 0.6 is 0 Å². The van der Waals surface area contributed by atoms with Crippen molar-refractivity contribution in [3.63, 3.8) is 0 Å². The number of hydrogen-bond acceptors (Lipinski definition) is 7. The molecule has 206 valence electrons. The van der Waals surface area contributed by atoms with E-state index in [4.69, 9.17) is 10.8 Å². The number of imidazole rings is 1. The Balaban J connectivity index is 2.17. The van der Waals surface area contributed by atoms with Crippen molar-refractivity contribution in [3.8, 4) is 0 Å². The molecule has 0 saturated heterocycles. The molecule has 1 heterocycles. The quantitative estimate of drug-likeness (QED) is 0.159. The van der Waals surface area contributed by atoms with Gasteiger partial charge in [0, 0.05) is 31.2 Å². The second-order valence-corrected chi connectivity index (χ2v) is 9.20. The summed E-state index contributed by atoms with van der Waals surface area (Å²) in [6.45, 7) is 3.42. The highest BCUT2D eigenvalue weighted by molar-refractivity contribution is 5.94. The molecule has 0 aliphatic heterocycles. The van der Waals surface area contributed by atoms with Crippen LogP contribution in [0.25, 0.3) is 0 Å². The lowest BCUT2D eigenvalue weighted by Gasteiger charge is -2.27. The SMILES string of the molecule is CC(C)C(NC(=O)C(N)Cc1cnc[nH]1)C(=O)NC(Cc1ccccc1)C(=O)NC(CCC(=O)O)C(=O)O. The van der Waals surface area contributed by atoms with Gasteiger partial charge in [-0.1, -0.05) is 44.2 Å². The average Bonchev–Trinajstić information content (AvgIpc) is 3.37. The number of carbonyl (C=O) groups excluding carboxylic acids is 3. The Morgan fingerprint density at radius 2 is 1.58 bits per heavy atom. The lowest BCUT2D eigenvalue weighted by molar-refractivity contribution is -0.143. The zero-order chi connectivity index (χ0) is 28.2. The second kappa shape index (κ2) is 14.5. The van der Waals surface area contributed by atoms with Gasteiger partial charge in [0.05, 0.1) is 12.4 Å². The molecule has 3 amide bonds. The van der Waals surface area contributed by atoms with E-state index in [2.05, 4.69) is 25.9 Å². The fourth-order valence-electron chi connectivity index (χ4n) is 3.64. The Bertz CT molecular complexity index is 1090. The molecule has 1 aromatic heterocycles. The molecule has 8 N–H and O–H groups in total. The summed E-state index contributed by atoms with van der Waals surface area (Å²) in [6.07, 6.45) is 2.40. The van der Waals surface area contributed by atoms with Crippen LogP contribution in [-0.2, 0) is 36.8 Å². The normalized spacial score (nSPS) is 14.1. The summed E-state index contributed by atoms with van der Waals surface area (Å²) >= 11 is 0. The molecular weight excluding hydrogens is 496 g/mol. The maximum Gasteiger partial charge on any atom is 0.326 e. The van der Waals surface area contributed by atoms with Crippen molar-refractivity contribution < 1.29 is 34.2 Å². The molecule has 0 aliphatic carbocycles. The van der Waals surface area contributed by atoms with Gasteiger partial charge in [-0.2, -0.15) is 0 Å². The molecule has 13 heteroatoms. The van der Waals surface area contributed by atoms with E-state index in [1.54, 1.807) is 44.2 Å². The van der Waals surface area contributed by atoms with Crippen molar-refractivity contribution in [2.45, 2.75) is 63.7 Å². The first kappa shape index (κ1) is 30.0. The highest BCUT2D eigenvalue weighted by Crippen LogP contribution is 2.09. The lowest BCUT2D eigenvalue weighted by atomic mass is 10.00. The monoisotopic (exact) mass is 530 g/mol. The number of hydrogen-bond donors (Lipinski definition) is 7. The van der Waals surface area contributed by atoms with E-state index in [0.29, 0.717) is 11.3 Å². The van der Waals surface area contributed by atoms with Crippen molar-refractivity contribution in [2.24, 2.45) is 11.7 Å². The van der Waals surface area contributed by atoms with E-state index in [-0.39, 0.29) is 25.2 Å². The van der Waals surface area contributed by atoms with Gasteiger partial charge in [-0.15, -0.1) is 0 Å². The molecule has 4 unspecified atom stereocenters. The topological polar surface area (TPSA) is 217 Å². The Labute approximate surface area is 219 Å². The van der Waals surface area contributed by atoms with Crippen LogP contribution < -0.4 is 21.7 Å². The van der Waals surface area contributed by atoms with Crippen LogP contribution in [0.2, 0.25) is 0 Å². The molecule has 13 nitrogen and oxygen atoms in total. The van der Waals surface area contributed by atoms with Crippen molar-refractivity contribution in [2.75, 3.05) is 0 Å². The Morgan fingerprint density at radius 3 is 2.13 bits per heavy atom. The lowest BCUT2D eigenvalue weighted by Crippen LogP contribution is -2.59. The minimum atomic E-state index is -1.46. The summed E-state index contributed by atoms with van der Waals surface area (Å²) < 4.78 is 0. The van der Waals surface area contributed by atoms with Crippen LogP contribution in [0.1, 0.15) is 37.9 Å². The highest BCUT2D eigenvalue weighted by atomic mass is 16.4. The predicted octanol–water partition coefficient (Wildman–Crippen LogP) is -0.418. The molecule has 0 fully saturated rings. The first-order chi connectivity index (χ1) is 18.0. The number of amides is 3. The molecule has 0 aliphatic rings. The van der Waals surface area contributed by atoms with Crippen LogP contribution in [0.3, 0.4) is 0 Å². The maximum atomic E-state index is 13.2. The van der Waals surface area contributed by atoms with Gasteiger partial charge in [-0.25, -0.2) is 9.78 Å². The number of carbonyl (C=O) groups is 5. The number of nitrogens with two attached hydrogens (primary N) is 1. The number of rotatable bonds is 15. The number of aromatic amines is 1. The largest absolute Gasteiger partial charge is 0.481 e. The zero-order valence-corrected chi connectivity index (χ0v) is 21.2. The van der Waals surface area contributed by atoms with E-state index in [1.807, 2.05) is 0 Å². The Hall–Kier alpha value is -4.26. The van der Waals surface area contributed by atoms with Crippen molar-refractivity contribution in [1.29, 1.82) is 0 Å². The number of nitrogens with one attached hydrogen (secondary N) is 4. The van der Waals surface area contributed by atoms with Gasteiger partial charge < -0.3 is 36.9 Å². The second-order valence-electron chi connectivity index (χ2n) is 9.20. The van der Waals surface area contributed by atoms with E-state index in [0.717, 1.165) is 0 Å². The number of aromatic nitrogens is 2. The summed E-state index contributed by atoms with van der Waals surface area (Å²) in [7, 11) is 0. The molecule has 38 heavy (non-hydrogen) atoms. The van der Waals surface area contributed by atoms with Crippen LogP contribution in [0, 0.1) is 5.92 Å². The summed E-state index contributed by atoms with van der Waals surface area (Å²) in [5, 5.41) is 25.9. The third-order valence-corrected chi connectivity index (χ3v) is 5.76. The van der Waals surface area contributed by atoms with Gasteiger partial charge in [-0.3, -0.25) is 19.2 Å². The van der Waals surface area contributed by atoms with Gasteiger partial charge in [0.2, 0.25) is 17.7 Å². The zero-order valence-electron chi connectivity index (χ0n) is 21.2. The average molecular weight is 531 g/mol. The molecule has 2 aromatic rings. The highest BCUT2D eigenvalue weighted by Gasteiger charge is 2.32. The summed E-state index contributed by atoms with van der Waals surface area (Å²) in [6, 6.07) is 4.09. The summed E-state index contributed by atoms with van der Waals surface area (Å²) in [5.41, 5.74) is 7.33. The fraction of sp³-hybridized carbons (Fsp3) is 0.440. The predicted molar refractivity (Wildman–Crippen MR) is 136 cm³/mol.